The molecular weight excluding hydrogens is 210 g/mol. The smallest absolute Gasteiger partial charge is 0.110 e. The molecule has 1 N–H and O–H groups in total. The van der Waals surface area contributed by atoms with Crippen molar-refractivity contribution in [3.8, 4) is 11.3 Å². The third kappa shape index (κ3) is 2.74. The SMILES string of the molecule is CNCCc1nc(-c2cccc(C)c2)cn1C. The van der Waals surface area contributed by atoms with Gasteiger partial charge in [0.15, 0.2) is 0 Å². The molecule has 17 heavy (non-hydrogen) atoms. The van der Waals surface area contributed by atoms with E-state index < -0.39 is 0 Å². The second-order valence-corrected chi connectivity index (χ2v) is 4.38. The summed E-state index contributed by atoms with van der Waals surface area (Å²) in [6.45, 7) is 3.06. The minimum Gasteiger partial charge on any atom is -0.337 e. The van der Waals surface area contributed by atoms with E-state index >= 15 is 0 Å². The number of imidazole rings is 1. The van der Waals surface area contributed by atoms with Crippen LogP contribution in [0.15, 0.2) is 30.5 Å². The van der Waals surface area contributed by atoms with Gasteiger partial charge in [0, 0.05) is 31.8 Å². The summed E-state index contributed by atoms with van der Waals surface area (Å²) >= 11 is 0. The van der Waals surface area contributed by atoms with Crippen LogP contribution in [0.3, 0.4) is 0 Å². The fourth-order valence-corrected chi connectivity index (χ4v) is 1.92. The predicted octanol–water partition coefficient (Wildman–Crippen LogP) is 2.16. The number of hydrogen-bond donors (Lipinski definition) is 1. The standard InChI is InChI=1S/C14H19N3/c1-11-5-4-6-12(9-11)13-10-17(3)14(16-13)7-8-15-2/h4-6,9-10,15H,7-8H2,1-3H3. The molecule has 2 rings (SSSR count). The minimum absolute atomic E-state index is 0.956. The van der Waals surface area contributed by atoms with Crippen LogP contribution >= 0.6 is 0 Å². The molecule has 0 bridgehead atoms. The zero-order chi connectivity index (χ0) is 12.3. The minimum atomic E-state index is 0.956. The highest BCUT2D eigenvalue weighted by Crippen LogP contribution is 2.19. The Morgan fingerprint density at radius 1 is 1.35 bits per heavy atom. The van der Waals surface area contributed by atoms with Crippen LogP contribution in [-0.4, -0.2) is 23.1 Å². The molecule has 0 spiro atoms. The highest BCUT2D eigenvalue weighted by Gasteiger charge is 2.06. The Bertz CT molecular complexity index is 500. The van der Waals surface area contributed by atoms with E-state index in [9.17, 15) is 0 Å². The fourth-order valence-electron chi connectivity index (χ4n) is 1.92. The van der Waals surface area contributed by atoms with E-state index in [0.717, 1.165) is 24.5 Å². The first-order valence-electron chi connectivity index (χ1n) is 5.94. The molecule has 0 radical (unpaired) electrons. The average molecular weight is 229 g/mol. The molecule has 0 aliphatic heterocycles. The van der Waals surface area contributed by atoms with Crippen molar-refractivity contribution < 1.29 is 0 Å². The molecule has 1 heterocycles. The van der Waals surface area contributed by atoms with Crippen LogP contribution < -0.4 is 5.32 Å². The zero-order valence-electron chi connectivity index (χ0n) is 10.7. The lowest BCUT2D eigenvalue weighted by molar-refractivity contribution is 0.718. The van der Waals surface area contributed by atoms with Gasteiger partial charge in [-0.3, -0.25) is 0 Å². The summed E-state index contributed by atoms with van der Waals surface area (Å²) in [7, 11) is 4.02. The molecule has 1 aromatic carbocycles. The molecular formula is C14H19N3. The molecule has 0 amide bonds. The number of rotatable bonds is 4. The van der Waals surface area contributed by atoms with Gasteiger partial charge in [0.25, 0.3) is 0 Å². The molecule has 0 aliphatic rings. The van der Waals surface area contributed by atoms with E-state index in [1.807, 2.05) is 7.05 Å². The number of aryl methyl sites for hydroxylation is 2. The zero-order valence-corrected chi connectivity index (χ0v) is 10.7. The Labute approximate surface area is 103 Å². The predicted molar refractivity (Wildman–Crippen MR) is 71.0 cm³/mol. The van der Waals surface area contributed by atoms with Gasteiger partial charge in [-0.1, -0.05) is 23.8 Å². The van der Waals surface area contributed by atoms with E-state index in [1.54, 1.807) is 0 Å². The van der Waals surface area contributed by atoms with Gasteiger partial charge in [-0.15, -0.1) is 0 Å². The lowest BCUT2D eigenvalue weighted by atomic mass is 10.1. The normalized spacial score (nSPS) is 10.8. The van der Waals surface area contributed by atoms with Crippen molar-refractivity contribution in [3.63, 3.8) is 0 Å². The highest BCUT2D eigenvalue weighted by molar-refractivity contribution is 5.59. The number of nitrogens with one attached hydrogen (secondary N) is 1. The van der Waals surface area contributed by atoms with Crippen molar-refractivity contribution in [2.45, 2.75) is 13.3 Å². The van der Waals surface area contributed by atoms with Gasteiger partial charge in [-0.25, -0.2) is 4.98 Å². The molecule has 0 saturated carbocycles. The van der Waals surface area contributed by atoms with E-state index in [2.05, 4.69) is 59.3 Å². The Hall–Kier alpha value is -1.61. The quantitative estimate of drug-likeness (QED) is 0.870. The monoisotopic (exact) mass is 229 g/mol. The molecule has 90 valence electrons. The molecule has 1 aromatic heterocycles. The summed E-state index contributed by atoms with van der Waals surface area (Å²) in [5.41, 5.74) is 3.52. The maximum Gasteiger partial charge on any atom is 0.110 e. The van der Waals surface area contributed by atoms with Crippen molar-refractivity contribution in [1.82, 2.24) is 14.9 Å². The first-order valence-corrected chi connectivity index (χ1v) is 5.94. The Balaban J connectivity index is 2.28. The van der Waals surface area contributed by atoms with Crippen LogP contribution in [0.2, 0.25) is 0 Å². The maximum absolute atomic E-state index is 4.68. The topological polar surface area (TPSA) is 29.9 Å². The molecule has 3 nitrogen and oxygen atoms in total. The van der Waals surface area contributed by atoms with Crippen LogP contribution in [0.4, 0.5) is 0 Å². The van der Waals surface area contributed by atoms with E-state index in [-0.39, 0.29) is 0 Å². The van der Waals surface area contributed by atoms with E-state index in [4.69, 9.17) is 0 Å². The average Bonchev–Trinajstić information content (AvgIpc) is 2.68. The summed E-state index contributed by atoms with van der Waals surface area (Å²) in [5, 5.41) is 3.15. The van der Waals surface area contributed by atoms with Crippen LogP contribution in [0, 0.1) is 6.92 Å². The van der Waals surface area contributed by atoms with Gasteiger partial charge in [0.2, 0.25) is 0 Å². The maximum atomic E-state index is 4.68. The van der Waals surface area contributed by atoms with Crippen molar-refractivity contribution in [3.05, 3.63) is 41.9 Å². The Morgan fingerprint density at radius 3 is 2.88 bits per heavy atom. The summed E-state index contributed by atoms with van der Waals surface area (Å²) in [4.78, 5) is 4.68. The lowest BCUT2D eigenvalue weighted by Gasteiger charge is -1.99. The van der Waals surface area contributed by atoms with Gasteiger partial charge in [0.05, 0.1) is 5.69 Å². The molecule has 0 atom stereocenters. The summed E-state index contributed by atoms with van der Waals surface area (Å²) < 4.78 is 2.11. The third-order valence-electron chi connectivity index (χ3n) is 2.89. The van der Waals surface area contributed by atoms with Gasteiger partial charge >= 0.3 is 0 Å². The van der Waals surface area contributed by atoms with Crippen molar-refractivity contribution >= 4 is 0 Å². The molecule has 0 fully saturated rings. The van der Waals surface area contributed by atoms with E-state index in [0.29, 0.717) is 0 Å². The summed E-state index contributed by atoms with van der Waals surface area (Å²) in [6.07, 6.45) is 3.05. The number of aromatic nitrogens is 2. The van der Waals surface area contributed by atoms with E-state index in [1.165, 1.54) is 11.1 Å². The largest absolute Gasteiger partial charge is 0.337 e. The number of nitrogens with zero attached hydrogens (tertiary/aromatic N) is 2. The Kier molecular flexibility index (Phi) is 3.59. The number of benzene rings is 1. The van der Waals surface area contributed by atoms with Crippen LogP contribution in [-0.2, 0) is 13.5 Å². The van der Waals surface area contributed by atoms with Gasteiger partial charge in [-0.2, -0.15) is 0 Å². The van der Waals surface area contributed by atoms with Crippen LogP contribution in [0.25, 0.3) is 11.3 Å². The Morgan fingerprint density at radius 2 is 2.18 bits per heavy atom. The lowest BCUT2D eigenvalue weighted by Crippen LogP contribution is -2.12. The summed E-state index contributed by atoms with van der Waals surface area (Å²) in [6, 6.07) is 8.46. The van der Waals surface area contributed by atoms with Crippen molar-refractivity contribution in [2.75, 3.05) is 13.6 Å². The van der Waals surface area contributed by atoms with Gasteiger partial charge in [0.1, 0.15) is 5.82 Å². The van der Waals surface area contributed by atoms with Crippen LogP contribution in [0.5, 0.6) is 0 Å². The molecule has 0 saturated heterocycles. The first kappa shape index (κ1) is 11.9. The number of hydrogen-bond acceptors (Lipinski definition) is 2. The highest BCUT2D eigenvalue weighted by atomic mass is 15.0. The van der Waals surface area contributed by atoms with Gasteiger partial charge in [-0.05, 0) is 20.0 Å². The summed E-state index contributed by atoms with van der Waals surface area (Å²) in [5.74, 6) is 1.12. The van der Waals surface area contributed by atoms with Gasteiger partial charge < -0.3 is 9.88 Å². The van der Waals surface area contributed by atoms with Crippen molar-refractivity contribution in [1.29, 1.82) is 0 Å². The molecule has 3 heteroatoms. The second kappa shape index (κ2) is 5.15. The van der Waals surface area contributed by atoms with Crippen molar-refractivity contribution in [2.24, 2.45) is 7.05 Å². The van der Waals surface area contributed by atoms with Crippen LogP contribution in [0.1, 0.15) is 11.4 Å². The molecule has 2 aromatic rings. The fraction of sp³-hybridized carbons (Fsp3) is 0.357. The number of likely N-dealkylation sites (N-methyl/N-ethyl adjacent to an activating group) is 1. The molecule has 0 aliphatic carbocycles. The molecule has 0 unspecified atom stereocenters. The second-order valence-electron chi connectivity index (χ2n) is 4.38. The first-order chi connectivity index (χ1) is 8.20. The third-order valence-corrected chi connectivity index (χ3v) is 2.89.